The number of benzene rings is 1. The van der Waals surface area contributed by atoms with Crippen molar-refractivity contribution in [2.75, 3.05) is 13.0 Å². The van der Waals surface area contributed by atoms with E-state index in [0.717, 1.165) is 5.56 Å². The van der Waals surface area contributed by atoms with Crippen molar-refractivity contribution in [1.29, 1.82) is 0 Å². The maximum atomic E-state index is 11.6. The highest BCUT2D eigenvalue weighted by Crippen LogP contribution is 2.26. The lowest BCUT2D eigenvalue weighted by atomic mass is 10.2. The number of methoxy groups -OCH3 is 1. The molecule has 0 saturated heterocycles. The third-order valence-corrected chi connectivity index (χ3v) is 4.49. The molecule has 0 radical (unpaired) electrons. The van der Waals surface area contributed by atoms with E-state index in [-0.39, 0.29) is 5.76 Å². The number of nitrogen functional groups attached to an aromatic ring is 1. The van der Waals surface area contributed by atoms with E-state index in [9.17, 15) is 4.79 Å². The Morgan fingerprint density at radius 2 is 2.08 bits per heavy atom. The van der Waals surface area contributed by atoms with Crippen molar-refractivity contribution in [3.63, 3.8) is 0 Å². The zero-order valence-corrected chi connectivity index (χ0v) is 14.2. The molecule has 3 aromatic rings. The van der Waals surface area contributed by atoms with Crippen molar-refractivity contribution in [2.24, 2.45) is 0 Å². The van der Waals surface area contributed by atoms with Crippen LogP contribution in [0.4, 0.5) is 0 Å². The summed E-state index contributed by atoms with van der Waals surface area (Å²) in [5.41, 5.74) is 1.50. The van der Waals surface area contributed by atoms with E-state index in [1.165, 1.54) is 29.8 Å². The van der Waals surface area contributed by atoms with Crippen molar-refractivity contribution in [2.45, 2.75) is 10.9 Å². The molecule has 124 valence electrons. The quantitative estimate of drug-likeness (QED) is 0.422. The minimum Gasteiger partial charge on any atom is -0.463 e. The zero-order chi connectivity index (χ0) is 17.1. The SMILES string of the molecule is COC(=O)c1occc1CSc1nnc(-c2ccc(Cl)cc2)n1N. The molecule has 24 heavy (non-hydrogen) atoms. The van der Waals surface area contributed by atoms with Crippen LogP contribution >= 0.6 is 23.4 Å². The van der Waals surface area contributed by atoms with Crippen LogP contribution in [0.25, 0.3) is 11.4 Å². The number of thioether (sulfide) groups is 1. The van der Waals surface area contributed by atoms with Gasteiger partial charge in [0, 0.05) is 21.9 Å². The number of halogens is 1. The molecule has 0 spiro atoms. The number of furan rings is 1. The summed E-state index contributed by atoms with van der Waals surface area (Å²) >= 11 is 7.21. The third kappa shape index (κ3) is 3.24. The Bertz CT molecular complexity index is 860. The lowest BCUT2D eigenvalue weighted by Gasteiger charge is -2.04. The van der Waals surface area contributed by atoms with Crippen molar-refractivity contribution < 1.29 is 13.9 Å². The molecule has 2 aromatic heterocycles. The van der Waals surface area contributed by atoms with E-state index in [0.29, 0.717) is 27.3 Å². The Morgan fingerprint density at radius 1 is 1.33 bits per heavy atom. The van der Waals surface area contributed by atoms with Crippen LogP contribution in [0, 0.1) is 0 Å². The largest absolute Gasteiger partial charge is 0.463 e. The van der Waals surface area contributed by atoms with Gasteiger partial charge in [0.15, 0.2) is 5.82 Å². The second-order valence-electron chi connectivity index (χ2n) is 4.74. The van der Waals surface area contributed by atoms with Gasteiger partial charge in [0.05, 0.1) is 13.4 Å². The molecular weight excluding hydrogens is 352 g/mol. The first-order valence-corrected chi connectivity index (χ1v) is 8.20. The number of nitrogens with two attached hydrogens (primary N) is 1. The van der Waals surface area contributed by atoms with Crippen LogP contribution in [-0.4, -0.2) is 28.0 Å². The molecule has 0 fully saturated rings. The fraction of sp³-hybridized carbons (Fsp3) is 0.133. The van der Waals surface area contributed by atoms with Crippen molar-refractivity contribution in [3.05, 3.63) is 52.9 Å². The number of esters is 1. The smallest absolute Gasteiger partial charge is 0.374 e. The van der Waals surface area contributed by atoms with Crippen LogP contribution in [0.15, 0.2) is 46.2 Å². The molecule has 1 aromatic carbocycles. The molecule has 2 N–H and O–H groups in total. The first kappa shape index (κ1) is 16.4. The summed E-state index contributed by atoms with van der Waals surface area (Å²) < 4.78 is 11.2. The van der Waals surface area contributed by atoms with Crippen LogP contribution in [-0.2, 0) is 10.5 Å². The number of rotatable bonds is 5. The number of carbonyl (C=O) groups is 1. The van der Waals surface area contributed by atoms with Crippen LogP contribution in [0.2, 0.25) is 5.02 Å². The van der Waals surface area contributed by atoms with E-state index in [1.54, 1.807) is 18.2 Å². The fourth-order valence-electron chi connectivity index (χ4n) is 2.03. The lowest BCUT2D eigenvalue weighted by Crippen LogP contribution is -2.11. The van der Waals surface area contributed by atoms with Crippen LogP contribution in [0.5, 0.6) is 0 Å². The molecule has 2 heterocycles. The molecule has 9 heteroatoms. The summed E-state index contributed by atoms with van der Waals surface area (Å²) in [6.45, 7) is 0. The third-order valence-electron chi connectivity index (χ3n) is 3.24. The Labute approximate surface area is 146 Å². The molecular formula is C15H13ClN4O3S. The normalized spacial score (nSPS) is 10.8. The van der Waals surface area contributed by atoms with Crippen molar-refractivity contribution in [3.8, 4) is 11.4 Å². The minimum atomic E-state index is -0.522. The molecule has 0 aliphatic heterocycles. The molecule has 7 nitrogen and oxygen atoms in total. The van der Waals surface area contributed by atoms with Gasteiger partial charge in [-0.2, -0.15) is 0 Å². The summed E-state index contributed by atoms with van der Waals surface area (Å²) in [6, 6.07) is 8.85. The summed E-state index contributed by atoms with van der Waals surface area (Å²) in [5.74, 6) is 6.67. The van der Waals surface area contributed by atoms with Gasteiger partial charge in [-0.15, -0.1) is 10.2 Å². The number of hydrogen-bond donors (Lipinski definition) is 1. The Kier molecular flexibility index (Phi) is 4.77. The number of nitrogens with zero attached hydrogens (tertiary/aromatic N) is 3. The van der Waals surface area contributed by atoms with Gasteiger partial charge in [0.2, 0.25) is 10.9 Å². The highest BCUT2D eigenvalue weighted by Gasteiger charge is 2.18. The minimum absolute atomic E-state index is 0.172. The Hall–Kier alpha value is -2.45. The summed E-state index contributed by atoms with van der Waals surface area (Å²) in [7, 11) is 1.30. The second kappa shape index (κ2) is 6.98. The van der Waals surface area contributed by atoms with E-state index in [1.807, 2.05) is 12.1 Å². The molecule has 0 atom stereocenters. The average molecular weight is 365 g/mol. The molecule has 0 saturated carbocycles. The molecule has 0 bridgehead atoms. The van der Waals surface area contributed by atoms with Gasteiger partial charge in [-0.3, -0.25) is 0 Å². The second-order valence-corrected chi connectivity index (χ2v) is 6.12. The Morgan fingerprint density at radius 3 is 2.79 bits per heavy atom. The number of carbonyl (C=O) groups excluding carboxylic acids is 1. The van der Waals surface area contributed by atoms with E-state index < -0.39 is 5.97 Å². The molecule has 0 unspecified atom stereocenters. The van der Waals surface area contributed by atoms with Gasteiger partial charge >= 0.3 is 5.97 Å². The van der Waals surface area contributed by atoms with Gasteiger partial charge < -0.3 is 15.0 Å². The van der Waals surface area contributed by atoms with Crippen LogP contribution in [0.1, 0.15) is 16.1 Å². The topological polar surface area (TPSA) is 96.2 Å². The monoisotopic (exact) mass is 364 g/mol. The maximum absolute atomic E-state index is 11.6. The zero-order valence-electron chi connectivity index (χ0n) is 12.6. The van der Waals surface area contributed by atoms with Gasteiger partial charge in [-0.1, -0.05) is 23.4 Å². The number of ether oxygens (including phenoxy) is 1. The maximum Gasteiger partial charge on any atom is 0.374 e. The standard InChI is InChI=1S/C15H13ClN4O3S/c1-22-14(21)12-10(6-7-23-12)8-24-15-19-18-13(20(15)17)9-2-4-11(16)5-3-9/h2-7H,8,17H2,1H3. The van der Waals surface area contributed by atoms with E-state index in [4.69, 9.17) is 21.9 Å². The summed E-state index contributed by atoms with van der Waals surface area (Å²) in [4.78, 5) is 11.6. The van der Waals surface area contributed by atoms with Crippen molar-refractivity contribution >= 4 is 29.3 Å². The first-order valence-electron chi connectivity index (χ1n) is 6.84. The Balaban J connectivity index is 1.77. The summed E-state index contributed by atoms with van der Waals surface area (Å²) in [6.07, 6.45) is 1.44. The predicted molar refractivity (Wildman–Crippen MR) is 90.2 cm³/mol. The van der Waals surface area contributed by atoms with Gasteiger partial charge in [0.25, 0.3) is 0 Å². The highest BCUT2D eigenvalue weighted by atomic mass is 35.5. The van der Waals surface area contributed by atoms with Gasteiger partial charge in [-0.05, 0) is 30.3 Å². The first-order chi connectivity index (χ1) is 11.6. The molecule has 0 aliphatic rings. The molecule has 0 aliphatic carbocycles. The molecule has 0 amide bonds. The summed E-state index contributed by atoms with van der Waals surface area (Å²) in [5, 5.41) is 9.32. The number of hydrogen-bond acceptors (Lipinski definition) is 7. The van der Waals surface area contributed by atoms with E-state index in [2.05, 4.69) is 14.9 Å². The van der Waals surface area contributed by atoms with E-state index >= 15 is 0 Å². The highest BCUT2D eigenvalue weighted by molar-refractivity contribution is 7.98. The van der Waals surface area contributed by atoms with Gasteiger partial charge in [0.1, 0.15) is 0 Å². The average Bonchev–Trinajstić information content (AvgIpc) is 3.20. The number of aromatic nitrogens is 3. The predicted octanol–water partition coefficient (Wildman–Crippen LogP) is 2.98. The fourth-order valence-corrected chi connectivity index (χ4v) is 3.00. The van der Waals surface area contributed by atoms with Gasteiger partial charge in [-0.25, -0.2) is 9.47 Å². The molecule has 3 rings (SSSR count). The van der Waals surface area contributed by atoms with Crippen LogP contribution in [0.3, 0.4) is 0 Å². The lowest BCUT2D eigenvalue weighted by molar-refractivity contribution is 0.0564. The van der Waals surface area contributed by atoms with Crippen molar-refractivity contribution in [1.82, 2.24) is 14.9 Å². The van der Waals surface area contributed by atoms with Crippen LogP contribution < -0.4 is 5.84 Å².